The van der Waals surface area contributed by atoms with Crippen LogP contribution in [0.1, 0.15) is 12.0 Å². The molecule has 2 heterocycles. The largest absolute Gasteiger partial charge is 0.489 e. The van der Waals surface area contributed by atoms with E-state index < -0.39 is 11.8 Å². The summed E-state index contributed by atoms with van der Waals surface area (Å²) in [5, 5.41) is 5.75. The molecule has 0 fully saturated rings. The van der Waals surface area contributed by atoms with Gasteiger partial charge in [-0.3, -0.25) is 4.98 Å². The quantitative estimate of drug-likeness (QED) is 0.238. The van der Waals surface area contributed by atoms with Crippen molar-refractivity contribution in [2.45, 2.75) is 13.0 Å². The van der Waals surface area contributed by atoms with E-state index in [1.54, 1.807) is 30.5 Å². The first-order valence-corrected chi connectivity index (χ1v) is 13.1. The number of carbonyl (C=O) groups is 1. The van der Waals surface area contributed by atoms with Gasteiger partial charge in [0.1, 0.15) is 24.8 Å². The van der Waals surface area contributed by atoms with E-state index in [2.05, 4.69) is 20.5 Å². The Bertz CT molecular complexity index is 1530. The highest BCUT2D eigenvalue weighted by Crippen LogP contribution is 2.48. The number of carbonyl (C=O) groups excluding carboxylic acids is 1. The van der Waals surface area contributed by atoms with Crippen molar-refractivity contribution in [3.63, 3.8) is 0 Å². The molecule has 0 saturated carbocycles. The van der Waals surface area contributed by atoms with Crippen LogP contribution in [0, 0.1) is 11.6 Å². The SMILES string of the molecule is CN(C)CCCOc1cc2nccc(Oc3ccc(NC(=O)NCc4ccc(F)cc4)cc3F)c2c2c1OCCO2. The number of rotatable bonds is 10. The fourth-order valence-electron chi connectivity index (χ4n) is 4.27. The van der Waals surface area contributed by atoms with Crippen LogP contribution < -0.4 is 29.6 Å². The second kappa shape index (κ2) is 12.7. The molecule has 0 bridgehead atoms. The normalized spacial score (nSPS) is 12.3. The van der Waals surface area contributed by atoms with Crippen LogP contribution in [-0.2, 0) is 6.54 Å². The van der Waals surface area contributed by atoms with Gasteiger partial charge < -0.3 is 34.5 Å². The second-order valence-electron chi connectivity index (χ2n) is 9.62. The molecule has 11 heteroatoms. The third kappa shape index (κ3) is 6.93. The maximum atomic E-state index is 15.1. The molecule has 2 amide bonds. The number of benzene rings is 3. The van der Waals surface area contributed by atoms with Crippen LogP contribution in [0.4, 0.5) is 19.3 Å². The molecule has 214 valence electrons. The number of amides is 2. The van der Waals surface area contributed by atoms with Crippen molar-refractivity contribution in [3.8, 4) is 28.7 Å². The molecule has 4 aromatic rings. The van der Waals surface area contributed by atoms with E-state index in [0.717, 1.165) is 24.6 Å². The summed E-state index contributed by atoms with van der Waals surface area (Å²) >= 11 is 0. The molecule has 2 N–H and O–H groups in total. The molecule has 41 heavy (non-hydrogen) atoms. The number of nitrogens with zero attached hydrogens (tertiary/aromatic N) is 2. The minimum absolute atomic E-state index is 0.0516. The van der Waals surface area contributed by atoms with Crippen molar-refractivity contribution in [2.75, 3.05) is 45.8 Å². The molecular weight excluding hydrogens is 534 g/mol. The molecule has 0 spiro atoms. The zero-order valence-electron chi connectivity index (χ0n) is 22.7. The second-order valence-corrected chi connectivity index (χ2v) is 9.62. The lowest BCUT2D eigenvalue weighted by Crippen LogP contribution is -2.28. The van der Waals surface area contributed by atoms with Gasteiger partial charge in [0.15, 0.2) is 23.1 Å². The molecule has 5 rings (SSSR count). The Kier molecular flexibility index (Phi) is 8.64. The van der Waals surface area contributed by atoms with Crippen LogP contribution in [-0.4, -0.2) is 56.4 Å². The first-order valence-electron chi connectivity index (χ1n) is 13.1. The molecule has 0 saturated heterocycles. The van der Waals surface area contributed by atoms with Crippen LogP contribution in [0.15, 0.2) is 60.8 Å². The van der Waals surface area contributed by atoms with Gasteiger partial charge in [-0.1, -0.05) is 12.1 Å². The van der Waals surface area contributed by atoms with Gasteiger partial charge in [-0.25, -0.2) is 13.6 Å². The van der Waals surface area contributed by atoms with Gasteiger partial charge in [0, 0.05) is 37.1 Å². The molecule has 3 aromatic carbocycles. The third-order valence-electron chi connectivity index (χ3n) is 6.23. The summed E-state index contributed by atoms with van der Waals surface area (Å²) in [7, 11) is 4.00. The van der Waals surface area contributed by atoms with E-state index in [0.29, 0.717) is 53.7 Å². The van der Waals surface area contributed by atoms with Crippen molar-refractivity contribution in [3.05, 3.63) is 78.0 Å². The Balaban J connectivity index is 1.31. The maximum Gasteiger partial charge on any atom is 0.319 e. The lowest BCUT2D eigenvalue weighted by atomic mass is 10.1. The van der Waals surface area contributed by atoms with E-state index >= 15 is 4.39 Å². The Morgan fingerprint density at radius 3 is 2.51 bits per heavy atom. The van der Waals surface area contributed by atoms with Crippen LogP contribution in [0.25, 0.3) is 10.9 Å². The molecular formula is C30H30F2N4O5. The summed E-state index contributed by atoms with van der Waals surface area (Å²) in [6, 6.07) is 12.7. The average molecular weight is 565 g/mol. The molecule has 0 aliphatic carbocycles. The highest BCUT2D eigenvalue weighted by molar-refractivity contribution is 5.95. The van der Waals surface area contributed by atoms with Crippen LogP contribution in [0.3, 0.4) is 0 Å². The van der Waals surface area contributed by atoms with Gasteiger partial charge in [0.05, 0.1) is 17.5 Å². The number of anilines is 1. The maximum absolute atomic E-state index is 15.1. The molecule has 1 aliphatic rings. The minimum atomic E-state index is -0.682. The minimum Gasteiger partial charge on any atom is -0.489 e. The van der Waals surface area contributed by atoms with Crippen molar-refractivity contribution < 1.29 is 32.5 Å². The number of pyridine rings is 1. The summed E-state index contributed by atoms with van der Waals surface area (Å²) in [6.07, 6.45) is 2.39. The van der Waals surface area contributed by atoms with Crippen LogP contribution in [0.5, 0.6) is 28.7 Å². The smallest absolute Gasteiger partial charge is 0.319 e. The highest BCUT2D eigenvalue weighted by Gasteiger charge is 2.25. The van der Waals surface area contributed by atoms with Crippen molar-refractivity contribution in [2.24, 2.45) is 0 Å². The van der Waals surface area contributed by atoms with Gasteiger partial charge >= 0.3 is 6.03 Å². The summed E-state index contributed by atoms with van der Waals surface area (Å²) in [5.74, 6) is 0.639. The lowest BCUT2D eigenvalue weighted by Gasteiger charge is -2.23. The molecule has 1 aliphatic heterocycles. The van der Waals surface area contributed by atoms with Gasteiger partial charge in [-0.05, 0) is 56.4 Å². The van der Waals surface area contributed by atoms with Gasteiger partial charge in [-0.2, -0.15) is 0 Å². The Labute approximate surface area is 236 Å². The lowest BCUT2D eigenvalue weighted by molar-refractivity contribution is 0.163. The van der Waals surface area contributed by atoms with Gasteiger partial charge in [0.25, 0.3) is 0 Å². The van der Waals surface area contributed by atoms with E-state index in [1.165, 1.54) is 24.3 Å². The standard InChI is InChI=1S/C30H30F2N4O5/c1-36(2)12-3-13-38-26-17-23-27(29-28(26)39-14-15-40-29)25(10-11-33-23)41-24-9-8-21(16-22(24)32)35-30(37)34-18-19-4-6-20(31)7-5-19/h4-11,16-17H,3,12-15,18H2,1-2H3,(H2,34,35,37). The van der Waals surface area contributed by atoms with E-state index in [9.17, 15) is 9.18 Å². The number of hydrogen-bond acceptors (Lipinski definition) is 7. The average Bonchev–Trinajstić information content (AvgIpc) is 2.96. The fourth-order valence-corrected chi connectivity index (χ4v) is 4.27. The first kappa shape index (κ1) is 27.9. The predicted octanol–water partition coefficient (Wildman–Crippen LogP) is 5.73. The predicted molar refractivity (Wildman–Crippen MR) is 150 cm³/mol. The Hall–Kier alpha value is -4.64. The fraction of sp³-hybridized carbons (Fsp3) is 0.267. The number of halogens is 2. The number of urea groups is 1. The van der Waals surface area contributed by atoms with Crippen molar-refractivity contribution in [1.82, 2.24) is 15.2 Å². The number of aromatic nitrogens is 1. The topological polar surface area (TPSA) is 94.2 Å². The Morgan fingerprint density at radius 1 is 0.976 bits per heavy atom. The van der Waals surface area contributed by atoms with E-state index in [1.807, 2.05) is 14.1 Å². The monoisotopic (exact) mass is 564 g/mol. The van der Waals surface area contributed by atoms with E-state index in [-0.39, 0.29) is 23.8 Å². The molecule has 1 aromatic heterocycles. The molecule has 0 radical (unpaired) electrons. The van der Waals surface area contributed by atoms with Gasteiger partial charge in [0.2, 0.25) is 5.75 Å². The first-order chi connectivity index (χ1) is 19.9. The van der Waals surface area contributed by atoms with Crippen molar-refractivity contribution >= 4 is 22.6 Å². The molecule has 9 nitrogen and oxygen atoms in total. The number of fused-ring (bicyclic) bond motifs is 3. The Morgan fingerprint density at radius 2 is 1.76 bits per heavy atom. The van der Waals surface area contributed by atoms with E-state index in [4.69, 9.17) is 18.9 Å². The van der Waals surface area contributed by atoms with Crippen LogP contribution >= 0.6 is 0 Å². The van der Waals surface area contributed by atoms with Gasteiger partial charge in [-0.15, -0.1) is 0 Å². The third-order valence-corrected chi connectivity index (χ3v) is 6.23. The summed E-state index contributed by atoms with van der Waals surface area (Å²) < 4.78 is 52.0. The zero-order valence-corrected chi connectivity index (χ0v) is 22.7. The number of nitrogens with one attached hydrogen (secondary N) is 2. The molecule has 0 unspecified atom stereocenters. The summed E-state index contributed by atoms with van der Waals surface area (Å²) in [5.41, 5.74) is 1.50. The highest BCUT2D eigenvalue weighted by atomic mass is 19.1. The van der Waals surface area contributed by atoms with Crippen LogP contribution in [0.2, 0.25) is 0 Å². The van der Waals surface area contributed by atoms with Crippen molar-refractivity contribution in [1.29, 1.82) is 0 Å². The number of hydrogen-bond donors (Lipinski definition) is 2. The number of ether oxygens (including phenoxy) is 4. The summed E-state index contributed by atoms with van der Waals surface area (Å²) in [4.78, 5) is 18.8. The molecule has 0 atom stereocenters. The summed E-state index contributed by atoms with van der Waals surface area (Å²) in [6.45, 7) is 2.25. The zero-order chi connectivity index (χ0) is 28.8.